The van der Waals surface area contributed by atoms with Gasteiger partial charge >= 0.3 is 0 Å². The Morgan fingerprint density at radius 3 is 2.88 bits per heavy atom. The van der Waals surface area contributed by atoms with Crippen LogP contribution < -0.4 is 11.1 Å². The monoisotopic (exact) mass is 218 g/mol. The van der Waals surface area contributed by atoms with Crippen molar-refractivity contribution in [3.8, 4) is 0 Å². The fourth-order valence-electron chi connectivity index (χ4n) is 2.66. The average Bonchev–Trinajstić information content (AvgIpc) is 2.28. The number of para-hydroxylation sites is 2. The van der Waals surface area contributed by atoms with E-state index in [0.717, 1.165) is 29.8 Å². The first-order chi connectivity index (χ1) is 7.75. The van der Waals surface area contributed by atoms with E-state index in [0.29, 0.717) is 0 Å². The van der Waals surface area contributed by atoms with Crippen LogP contribution in [0.25, 0.3) is 0 Å². The molecular weight excluding hydrogens is 196 g/mol. The van der Waals surface area contributed by atoms with Crippen LogP contribution in [0.1, 0.15) is 32.6 Å². The third-order valence-electron chi connectivity index (χ3n) is 3.59. The Morgan fingerprint density at radius 1 is 1.31 bits per heavy atom. The van der Waals surface area contributed by atoms with Gasteiger partial charge in [0.1, 0.15) is 0 Å². The molecule has 1 aromatic rings. The summed E-state index contributed by atoms with van der Waals surface area (Å²) in [5.41, 5.74) is 7.84. The minimum absolute atomic E-state index is 0.823. The van der Waals surface area contributed by atoms with Crippen LogP contribution in [0.3, 0.4) is 0 Å². The Kier molecular flexibility index (Phi) is 3.70. The molecule has 0 spiro atoms. The molecule has 0 radical (unpaired) electrons. The summed E-state index contributed by atoms with van der Waals surface area (Å²) in [6.45, 7) is 3.43. The van der Waals surface area contributed by atoms with E-state index in [1.54, 1.807) is 0 Å². The number of hydrogen-bond donors (Lipinski definition) is 2. The summed E-state index contributed by atoms with van der Waals surface area (Å²) in [6.07, 6.45) is 5.52. The van der Waals surface area contributed by atoms with Crippen LogP contribution in [0.15, 0.2) is 24.3 Å². The predicted molar refractivity (Wildman–Crippen MR) is 70.5 cm³/mol. The maximum atomic E-state index is 5.90. The van der Waals surface area contributed by atoms with Gasteiger partial charge in [-0.15, -0.1) is 0 Å². The maximum Gasteiger partial charge on any atom is 0.0573 e. The van der Waals surface area contributed by atoms with Gasteiger partial charge in [0, 0.05) is 6.54 Å². The van der Waals surface area contributed by atoms with Crippen LogP contribution >= 0.6 is 0 Å². The standard InChI is InChI=1S/C14H22N2/c1-11-5-4-6-12(9-11)10-16-14-8-3-2-7-13(14)15/h2-3,7-8,11-12,16H,4-6,9-10,15H2,1H3/t11-,12?/m1/s1. The molecule has 1 aliphatic carbocycles. The smallest absolute Gasteiger partial charge is 0.0573 e. The zero-order valence-electron chi connectivity index (χ0n) is 10.1. The first kappa shape index (κ1) is 11.3. The van der Waals surface area contributed by atoms with E-state index in [9.17, 15) is 0 Å². The van der Waals surface area contributed by atoms with Crippen LogP contribution in [0.2, 0.25) is 0 Å². The summed E-state index contributed by atoms with van der Waals surface area (Å²) >= 11 is 0. The number of benzene rings is 1. The summed E-state index contributed by atoms with van der Waals surface area (Å²) < 4.78 is 0. The Morgan fingerprint density at radius 2 is 2.12 bits per heavy atom. The minimum Gasteiger partial charge on any atom is -0.397 e. The van der Waals surface area contributed by atoms with Crippen molar-refractivity contribution in [3.05, 3.63) is 24.3 Å². The third-order valence-corrected chi connectivity index (χ3v) is 3.59. The first-order valence-electron chi connectivity index (χ1n) is 6.34. The molecule has 0 amide bonds. The van der Waals surface area contributed by atoms with Gasteiger partial charge in [-0.25, -0.2) is 0 Å². The minimum atomic E-state index is 0.823. The van der Waals surface area contributed by atoms with E-state index in [2.05, 4.69) is 18.3 Å². The van der Waals surface area contributed by atoms with E-state index in [-0.39, 0.29) is 0 Å². The van der Waals surface area contributed by atoms with Crippen LogP contribution in [-0.2, 0) is 0 Å². The normalized spacial score (nSPS) is 25.3. The summed E-state index contributed by atoms with van der Waals surface area (Å²) in [7, 11) is 0. The van der Waals surface area contributed by atoms with E-state index >= 15 is 0 Å². The fourth-order valence-corrected chi connectivity index (χ4v) is 2.66. The molecule has 16 heavy (non-hydrogen) atoms. The van der Waals surface area contributed by atoms with Gasteiger partial charge in [-0.2, -0.15) is 0 Å². The molecule has 2 rings (SSSR count). The van der Waals surface area contributed by atoms with Crippen molar-refractivity contribution >= 4 is 11.4 Å². The van der Waals surface area contributed by atoms with Crippen molar-refractivity contribution in [1.29, 1.82) is 0 Å². The topological polar surface area (TPSA) is 38.0 Å². The number of nitrogens with one attached hydrogen (secondary N) is 1. The molecule has 1 unspecified atom stereocenters. The Bertz CT molecular complexity index is 335. The molecule has 1 fully saturated rings. The van der Waals surface area contributed by atoms with Crippen molar-refractivity contribution in [3.63, 3.8) is 0 Å². The second kappa shape index (κ2) is 5.24. The van der Waals surface area contributed by atoms with E-state index in [1.165, 1.54) is 25.7 Å². The molecule has 3 N–H and O–H groups in total. The van der Waals surface area contributed by atoms with Crippen molar-refractivity contribution in [2.75, 3.05) is 17.6 Å². The molecule has 1 aromatic carbocycles. The zero-order valence-corrected chi connectivity index (χ0v) is 10.1. The quantitative estimate of drug-likeness (QED) is 0.762. The van der Waals surface area contributed by atoms with Crippen LogP contribution in [-0.4, -0.2) is 6.54 Å². The SMILES string of the molecule is C[C@@H]1CCCC(CNc2ccccc2N)C1. The summed E-state index contributed by atoms with van der Waals surface area (Å²) in [6, 6.07) is 8.01. The highest BCUT2D eigenvalue weighted by molar-refractivity contribution is 5.65. The summed E-state index contributed by atoms with van der Waals surface area (Å²) in [5, 5.41) is 3.48. The van der Waals surface area contributed by atoms with Gasteiger partial charge in [0.25, 0.3) is 0 Å². The molecule has 0 heterocycles. The van der Waals surface area contributed by atoms with E-state index in [4.69, 9.17) is 5.73 Å². The number of rotatable bonds is 3. The van der Waals surface area contributed by atoms with Crippen LogP contribution in [0, 0.1) is 11.8 Å². The lowest BCUT2D eigenvalue weighted by molar-refractivity contribution is 0.293. The van der Waals surface area contributed by atoms with E-state index in [1.807, 2.05) is 18.2 Å². The fraction of sp³-hybridized carbons (Fsp3) is 0.571. The Hall–Kier alpha value is -1.18. The molecule has 0 aromatic heterocycles. The molecule has 2 nitrogen and oxygen atoms in total. The molecular formula is C14H22N2. The number of hydrogen-bond acceptors (Lipinski definition) is 2. The number of anilines is 2. The van der Waals surface area contributed by atoms with Gasteiger partial charge in [0.15, 0.2) is 0 Å². The zero-order chi connectivity index (χ0) is 11.4. The molecule has 2 atom stereocenters. The second-order valence-electron chi connectivity index (χ2n) is 5.11. The molecule has 1 aliphatic rings. The molecule has 2 heteroatoms. The lowest BCUT2D eigenvalue weighted by atomic mass is 9.82. The van der Waals surface area contributed by atoms with Gasteiger partial charge < -0.3 is 11.1 Å². The number of nitrogens with two attached hydrogens (primary N) is 1. The van der Waals surface area contributed by atoms with Gasteiger partial charge in [-0.3, -0.25) is 0 Å². The molecule has 0 aliphatic heterocycles. The predicted octanol–water partition coefficient (Wildman–Crippen LogP) is 3.51. The average molecular weight is 218 g/mol. The van der Waals surface area contributed by atoms with Crippen molar-refractivity contribution < 1.29 is 0 Å². The Labute approximate surface area is 98.2 Å². The van der Waals surface area contributed by atoms with Gasteiger partial charge in [-0.05, 0) is 36.8 Å². The Balaban J connectivity index is 1.85. The first-order valence-corrected chi connectivity index (χ1v) is 6.34. The highest BCUT2D eigenvalue weighted by Gasteiger charge is 2.18. The third kappa shape index (κ3) is 2.91. The van der Waals surface area contributed by atoms with Crippen LogP contribution in [0.4, 0.5) is 11.4 Å². The summed E-state index contributed by atoms with van der Waals surface area (Å²) in [4.78, 5) is 0. The molecule has 0 saturated heterocycles. The molecule has 0 bridgehead atoms. The largest absolute Gasteiger partial charge is 0.397 e. The highest BCUT2D eigenvalue weighted by Crippen LogP contribution is 2.29. The van der Waals surface area contributed by atoms with Gasteiger partial charge in [0.2, 0.25) is 0 Å². The molecule has 1 saturated carbocycles. The summed E-state index contributed by atoms with van der Waals surface area (Å²) in [5.74, 6) is 1.72. The van der Waals surface area contributed by atoms with Crippen molar-refractivity contribution in [1.82, 2.24) is 0 Å². The maximum absolute atomic E-state index is 5.90. The highest BCUT2D eigenvalue weighted by atomic mass is 14.9. The second-order valence-corrected chi connectivity index (χ2v) is 5.11. The lowest BCUT2D eigenvalue weighted by Crippen LogP contribution is -2.21. The van der Waals surface area contributed by atoms with Gasteiger partial charge in [0.05, 0.1) is 11.4 Å². The van der Waals surface area contributed by atoms with Gasteiger partial charge in [-0.1, -0.05) is 31.9 Å². The van der Waals surface area contributed by atoms with E-state index < -0.39 is 0 Å². The lowest BCUT2D eigenvalue weighted by Gasteiger charge is -2.27. The van der Waals surface area contributed by atoms with Crippen molar-refractivity contribution in [2.45, 2.75) is 32.6 Å². The van der Waals surface area contributed by atoms with Crippen LogP contribution in [0.5, 0.6) is 0 Å². The van der Waals surface area contributed by atoms with Crippen molar-refractivity contribution in [2.24, 2.45) is 11.8 Å². The number of nitrogen functional groups attached to an aromatic ring is 1. The molecule has 88 valence electrons.